The van der Waals surface area contributed by atoms with Crippen molar-refractivity contribution in [1.82, 2.24) is 0 Å². The molecule has 1 unspecified atom stereocenters. The lowest BCUT2D eigenvalue weighted by Crippen LogP contribution is -2.24. The van der Waals surface area contributed by atoms with E-state index >= 15 is 0 Å². The van der Waals surface area contributed by atoms with Crippen molar-refractivity contribution in [2.24, 2.45) is 5.73 Å². The summed E-state index contributed by atoms with van der Waals surface area (Å²) in [5, 5.41) is 0. The van der Waals surface area contributed by atoms with Gasteiger partial charge in [0.15, 0.2) is 0 Å². The van der Waals surface area contributed by atoms with Gasteiger partial charge in [-0.05, 0) is 62.3 Å². The molecule has 0 amide bonds. The molecule has 0 saturated carbocycles. The van der Waals surface area contributed by atoms with Gasteiger partial charge in [0.2, 0.25) is 0 Å². The third-order valence-electron chi connectivity index (χ3n) is 3.40. The van der Waals surface area contributed by atoms with Gasteiger partial charge in [0, 0.05) is 10.5 Å². The minimum Gasteiger partial charge on any atom is -0.327 e. The van der Waals surface area contributed by atoms with Gasteiger partial charge in [-0.25, -0.2) is 4.39 Å². The fraction of sp³-hybridized carbons (Fsp3) is 0.467. The molecule has 0 spiro atoms. The zero-order valence-corrected chi connectivity index (χ0v) is 12.0. The highest BCUT2D eigenvalue weighted by molar-refractivity contribution is 9.10. The largest absolute Gasteiger partial charge is 0.327 e. The van der Waals surface area contributed by atoms with Gasteiger partial charge in [-0.15, -0.1) is 0 Å². The van der Waals surface area contributed by atoms with Crippen molar-refractivity contribution >= 4 is 15.9 Å². The number of allylic oxidation sites excluding steroid dienone is 1. The molecule has 0 radical (unpaired) electrons. The first-order valence-electron chi connectivity index (χ1n) is 6.52. The van der Waals surface area contributed by atoms with Gasteiger partial charge in [0.25, 0.3) is 0 Å². The van der Waals surface area contributed by atoms with Crippen LogP contribution in [-0.2, 0) is 6.42 Å². The molecule has 1 nitrogen and oxygen atoms in total. The van der Waals surface area contributed by atoms with Crippen molar-refractivity contribution in [2.75, 3.05) is 0 Å². The number of halogens is 2. The Bertz CT molecular complexity index is 442. The molecule has 2 rings (SSSR count). The van der Waals surface area contributed by atoms with Gasteiger partial charge in [0.1, 0.15) is 5.82 Å². The van der Waals surface area contributed by atoms with E-state index in [1.54, 1.807) is 12.1 Å². The van der Waals surface area contributed by atoms with Gasteiger partial charge >= 0.3 is 0 Å². The van der Waals surface area contributed by atoms with Crippen LogP contribution in [0, 0.1) is 5.82 Å². The molecule has 0 fully saturated rings. The van der Waals surface area contributed by atoms with Crippen LogP contribution in [0.15, 0.2) is 34.3 Å². The third kappa shape index (κ3) is 3.92. The summed E-state index contributed by atoms with van der Waals surface area (Å²) < 4.78 is 14.1. The lowest BCUT2D eigenvalue weighted by molar-refractivity contribution is 0.597. The Labute approximate surface area is 116 Å². The van der Waals surface area contributed by atoms with Crippen molar-refractivity contribution in [3.8, 4) is 0 Å². The maximum absolute atomic E-state index is 13.2. The SMILES string of the molecule is NC(CC1=CCCCC1)Cc1cc(F)ccc1Br. The normalized spacial score (nSPS) is 17.4. The lowest BCUT2D eigenvalue weighted by Gasteiger charge is -2.18. The van der Waals surface area contributed by atoms with E-state index in [1.165, 1.54) is 37.3 Å². The van der Waals surface area contributed by atoms with Gasteiger partial charge in [-0.2, -0.15) is 0 Å². The Morgan fingerprint density at radius 3 is 2.83 bits per heavy atom. The second kappa shape index (κ2) is 6.48. The summed E-state index contributed by atoms with van der Waals surface area (Å²) in [6.07, 6.45) is 8.92. The summed E-state index contributed by atoms with van der Waals surface area (Å²) in [7, 11) is 0. The molecular formula is C15H19BrFN. The Balaban J connectivity index is 1.96. The van der Waals surface area contributed by atoms with Crippen LogP contribution in [0.5, 0.6) is 0 Å². The van der Waals surface area contributed by atoms with Crippen LogP contribution < -0.4 is 5.73 Å². The summed E-state index contributed by atoms with van der Waals surface area (Å²) in [5.41, 5.74) is 8.60. The minimum atomic E-state index is -0.197. The van der Waals surface area contributed by atoms with Crippen molar-refractivity contribution in [1.29, 1.82) is 0 Å². The third-order valence-corrected chi connectivity index (χ3v) is 4.17. The Kier molecular flexibility index (Phi) is 4.95. The van der Waals surface area contributed by atoms with Crippen molar-refractivity contribution < 1.29 is 4.39 Å². The maximum atomic E-state index is 13.2. The van der Waals surface area contributed by atoms with E-state index in [1.807, 2.05) is 0 Å². The van der Waals surface area contributed by atoms with E-state index in [4.69, 9.17) is 5.73 Å². The maximum Gasteiger partial charge on any atom is 0.123 e. The number of rotatable bonds is 4. The molecule has 1 aliphatic rings. The van der Waals surface area contributed by atoms with Gasteiger partial charge < -0.3 is 5.73 Å². The average molecular weight is 312 g/mol. The molecule has 1 aromatic carbocycles. The number of hydrogen-bond donors (Lipinski definition) is 1. The van der Waals surface area contributed by atoms with E-state index in [0.717, 1.165) is 22.9 Å². The summed E-state index contributed by atoms with van der Waals surface area (Å²) in [5.74, 6) is -0.197. The van der Waals surface area contributed by atoms with Crippen LogP contribution in [-0.4, -0.2) is 6.04 Å². The minimum absolute atomic E-state index is 0.0763. The zero-order chi connectivity index (χ0) is 13.0. The molecule has 0 aromatic heterocycles. The molecule has 1 atom stereocenters. The topological polar surface area (TPSA) is 26.0 Å². The highest BCUT2D eigenvalue weighted by Crippen LogP contribution is 2.24. The predicted molar refractivity (Wildman–Crippen MR) is 76.9 cm³/mol. The lowest BCUT2D eigenvalue weighted by atomic mass is 9.92. The monoisotopic (exact) mass is 311 g/mol. The molecule has 2 N–H and O–H groups in total. The highest BCUT2D eigenvalue weighted by Gasteiger charge is 2.12. The molecule has 0 aliphatic heterocycles. The second-order valence-electron chi connectivity index (χ2n) is 5.01. The molecule has 1 aromatic rings. The summed E-state index contributed by atoms with van der Waals surface area (Å²) in [6, 6.07) is 4.85. The van der Waals surface area contributed by atoms with Crippen LogP contribution in [0.4, 0.5) is 4.39 Å². The van der Waals surface area contributed by atoms with Gasteiger partial charge in [-0.3, -0.25) is 0 Å². The number of nitrogens with two attached hydrogens (primary N) is 1. The quantitative estimate of drug-likeness (QED) is 0.822. The van der Waals surface area contributed by atoms with Crippen LogP contribution in [0.2, 0.25) is 0 Å². The van der Waals surface area contributed by atoms with E-state index in [0.29, 0.717) is 0 Å². The standard InChI is InChI=1S/C15H19BrFN/c16-15-7-6-13(17)9-12(15)10-14(18)8-11-4-2-1-3-5-11/h4,6-7,9,14H,1-3,5,8,10,18H2. The van der Waals surface area contributed by atoms with Crippen molar-refractivity contribution in [2.45, 2.75) is 44.6 Å². The van der Waals surface area contributed by atoms with Crippen LogP contribution in [0.1, 0.15) is 37.7 Å². The van der Waals surface area contributed by atoms with Crippen LogP contribution >= 0.6 is 15.9 Å². The molecule has 0 saturated heterocycles. The van der Waals surface area contributed by atoms with E-state index < -0.39 is 0 Å². The molecule has 18 heavy (non-hydrogen) atoms. The van der Waals surface area contributed by atoms with Gasteiger partial charge in [0.05, 0.1) is 0 Å². The summed E-state index contributed by atoms with van der Waals surface area (Å²) >= 11 is 3.45. The predicted octanol–water partition coefficient (Wildman–Crippen LogP) is 4.35. The smallest absolute Gasteiger partial charge is 0.123 e. The van der Waals surface area contributed by atoms with E-state index in [2.05, 4.69) is 22.0 Å². The second-order valence-corrected chi connectivity index (χ2v) is 5.87. The molecule has 3 heteroatoms. The molecular weight excluding hydrogens is 293 g/mol. The first-order valence-corrected chi connectivity index (χ1v) is 7.32. The molecule has 0 bridgehead atoms. The highest BCUT2D eigenvalue weighted by atomic mass is 79.9. The molecule has 0 heterocycles. The Morgan fingerprint density at radius 1 is 1.28 bits per heavy atom. The van der Waals surface area contributed by atoms with Crippen LogP contribution in [0.3, 0.4) is 0 Å². The average Bonchev–Trinajstić information content (AvgIpc) is 2.35. The Hall–Kier alpha value is -0.670. The summed E-state index contributed by atoms with van der Waals surface area (Å²) in [4.78, 5) is 0. The van der Waals surface area contributed by atoms with E-state index in [9.17, 15) is 4.39 Å². The van der Waals surface area contributed by atoms with Gasteiger partial charge in [-0.1, -0.05) is 27.6 Å². The number of benzene rings is 1. The summed E-state index contributed by atoms with van der Waals surface area (Å²) in [6.45, 7) is 0. The first-order chi connectivity index (χ1) is 8.65. The number of hydrogen-bond acceptors (Lipinski definition) is 1. The van der Waals surface area contributed by atoms with E-state index in [-0.39, 0.29) is 11.9 Å². The van der Waals surface area contributed by atoms with Crippen molar-refractivity contribution in [3.63, 3.8) is 0 Å². The van der Waals surface area contributed by atoms with Crippen molar-refractivity contribution in [3.05, 3.63) is 45.7 Å². The fourth-order valence-electron chi connectivity index (χ4n) is 2.48. The Morgan fingerprint density at radius 2 is 2.11 bits per heavy atom. The fourth-order valence-corrected chi connectivity index (χ4v) is 2.89. The molecule has 98 valence electrons. The first kappa shape index (κ1) is 13.8. The molecule has 1 aliphatic carbocycles. The zero-order valence-electron chi connectivity index (χ0n) is 10.5. The van der Waals surface area contributed by atoms with Crippen LogP contribution in [0.25, 0.3) is 0 Å².